The lowest BCUT2D eigenvalue weighted by Gasteiger charge is -2.18. The SMILES string of the molecule is Cc1cc(C)cc(-c2ccc3[nH]c(C(=O)NC[C@H](CCCNC(=O)O)NC(=O)O)c(-c4cc(C)cc(C)c4)c3c2)c1. The van der Waals surface area contributed by atoms with E-state index in [1.54, 1.807) is 0 Å². The highest BCUT2D eigenvalue weighted by molar-refractivity contribution is 6.10. The zero-order chi connectivity index (χ0) is 29.7. The van der Waals surface area contributed by atoms with Crippen LogP contribution in [0, 0.1) is 27.7 Å². The Morgan fingerprint density at radius 3 is 1.95 bits per heavy atom. The summed E-state index contributed by atoms with van der Waals surface area (Å²) in [4.78, 5) is 39.0. The van der Waals surface area contributed by atoms with Gasteiger partial charge < -0.3 is 31.1 Å². The van der Waals surface area contributed by atoms with Gasteiger partial charge in [0, 0.05) is 35.6 Å². The van der Waals surface area contributed by atoms with Crippen LogP contribution in [0.3, 0.4) is 0 Å². The second kappa shape index (κ2) is 12.6. The van der Waals surface area contributed by atoms with Crippen LogP contribution in [-0.2, 0) is 0 Å². The van der Waals surface area contributed by atoms with E-state index in [-0.39, 0.29) is 19.0 Å². The molecule has 1 aromatic heterocycles. The van der Waals surface area contributed by atoms with Crippen LogP contribution in [0.25, 0.3) is 33.2 Å². The molecular weight excluding hydrogens is 520 g/mol. The predicted octanol–water partition coefficient (Wildman–Crippen LogP) is 6.15. The molecule has 41 heavy (non-hydrogen) atoms. The number of nitrogens with one attached hydrogen (secondary N) is 4. The zero-order valence-electron chi connectivity index (χ0n) is 23.7. The van der Waals surface area contributed by atoms with Crippen molar-refractivity contribution in [1.82, 2.24) is 20.9 Å². The zero-order valence-corrected chi connectivity index (χ0v) is 23.7. The van der Waals surface area contributed by atoms with E-state index in [4.69, 9.17) is 5.11 Å². The van der Waals surface area contributed by atoms with Gasteiger partial charge in [0.05, 0.1) is 0 Å². The fraction of sp³-hybridized carbons (Fsp3) is 0.281. The summed E-state index contributed by atoms with van der Waals surface area (Å²) in [5, 5.41) is 26.5. The van der Waals surface area contributed by atoms with Crippen molar-refractivity contribution in [1.29, 1.82) is 0 Å². The third-order valence-electron chi connectivity index (χ3n) is 6.93. The molecule has 0 spiro atoms. The quantitative estimate of drug-likeness (QED) is 0.130. The van der Waals surface area contributed by atoms with Gasteiger partial charge in [-0.3, -0.25) is 4.79 Å². The minimum absolute atomic E-state index is 0.0493. The van der Waals surface area contributed by atoms with Gasteiger partial charge >= 0.3 is 12.2 Å². The van der Waals surface area contributed by atoms with Crippen LogP contribution in [0.1, 0.15) is 45.6 Å². The maximum atomic E-state index is 13.6. The normalized spacial score (nSPS) is 11.7. The highest BCUT2D eigenvalue weighted by Crippen LogP contribution is 2.36. The molecule has 0 radical (unpaired) electrons. The molecule has 4 aromatic rings. The Labute approximate surface area is 239 Å². The van der Waals surface area contributed by atoms with Gasteiger partial charge in [-0.15, -0.1) is 0 Å². The van der Waals surface area contributed by atoms with Gasteiger partial charge in [0.15, 0.2) is 0 Å². The van der Waals surface area contributed by atoms with E-state index in [0.29, 0.717) is 18.5 Å². The van der Waals surface area contributed by atoms with E-state index >= 15 is 0 Å². The Balaban J connectivity index is 1.70. The average molecular weight is 557 g/mol. The second-order valence-electron chi connectivity index (χ2n) is 10.6. The summed E-state index contributed by atoms with van der Waals surface area (Å²) >= 11 is 0. The predicted molar refractivity (Wildman–Crippen MR) is 161 cm³/mol. The van der Waals surface area contributed by atoms with E-state index in [9.17, 15) is 19.5 Å². The minimum atomic E-state index is -1.21. The Hall–Kier alpha value is -4.79. The van der Waals surface area contributed by atoms with Gasteiger partial charge in [-0.2, -0.15) is 0 Å². The van der Waals surface area contributed by atoms with Gasteiger partial charge in [0.2, 0.25) is 0 Å². The molecule has 214 valence electrons. The first-order valence-corrected chi connectivity index (χ1v) is 13.6. The highest BCUT2D eigenvalue weighted by atomic mass is 16.4. The van der Waals surface area contributed by atoms with Crippen molar-refractivity contribution < 1.29 is 24.6 Å². The van der Waals surface area contributed by atoms with E-state index in [0.717, 1.165) is 44.3 Å². The smallest absolute Gasteiger partial charge is 0.404 e. The number of aryl methyl sites for hydroxylation is 4. The molecule has 0 aliphatic carbocycles. The summed E-state index contributed by atoms with van der Waals surface area (Å²) in [6.07, 6.45) is -1.59. The van der Waals surface area contributed by atoms with Crippen molar-refractivity contribution in [2.24, 2.45) is 0 Å². The third kappa shape index (κ3) is 7.45. The van der Waals surface area contributed by atoms with Crippen LogP contribution in [0.5, 0.6) is 0 Å². The van der Waals surface area contributed by atoms with Crippen molar-refractivity contribution in [3.8, 4) is 22.3 Å². The minimum Gasteiger partial charge on any atom is -0.465 e. The molecule has 0 fully saturated rings. The molecule has 9 nitrogen and oxygen atoms in total. The number of hydrogen-bond donors (Lipinski definition) is 6. The van der Waals surface area contributed by atoms with Crippen LogP contribution in [0.4, 0.5) is 9.59 Å². The molecule has 1 atom stereocenters. The Morgan fingerprint density at radius 1 is 0.756 bits per heavy atom. The van der Waals surface area contributed by atoms with Crippen molar-refractivity contribution >= 4 is 29.0 Å². The lowest BCUT2D eigenvalue weighted by molar-refractivity contribution is 0.0944. The lowest BCUT2D eigenvalue weighted by Crippen LogP contribution is -2.43. The van der Waals surface area contributed by atoms with Crippen LogP contribution >= 0.6 is 0 Å². The molecule has 3 amide bonds. The molecule has 0 saturated carbocycles. The topological polar surface area (TPSA) is 144 Å². The number of amides is 3. The number of rotatable bonds is 10. The summed E-state index contributed by atoms with van der Waals surface area (Å²) in [7, 11) is 0. The number of benzene rings is 3. The first-order chi connectivity index (χ1) is 19.5. The van der Waals surface area contributed by atoms with Gasteiger partial charge in [-0.25, -0.2) is 9.59 Å². The fourth-order valence-electron chi connectivity index (χ4n) is 5.35. The summed E-state index contributed by atoms with van der Waals surface area (Å²) in [6.45, 7) is 8.42. The van der Waals surface area contributed by atoms with Crippen LogP contribution in [-0.4, -0.2) is 52.4 Å². The number of carbonyl (C=O) groups excluding carboxylic acids is 1. The average Bonchev–Trinajstić information content (AvgIpc) is 3.27. The monoisotopic (exact) mass is 556 g/mol. The number of carbonyl (C=O) groups is 3. The van der Waals surface area contributed by atoms with Crippen LogP contribution < -0.4 is 16.0 Å². The summed E-state index contributed by atoms with van der Waals surface area (Å²) in [5.74, 6) is -0.357. The molecule has 0 aliphatic heterocycles. The summed E-state index contributed by atoms with van der Waals surface area (Å²) < 4.78 is 0. The number of fused-ring (bicyclic) bond motifs is 1. The first-order valence-electron chi connectivity index (χ1n) is 13.6. The standard InChI is InChI=1S/C32H36N4O5/c1-18-10-19(2)13-23(12-18)22-7-8-27-26(16-22)28(24-14-20(3)11-21(4)15-24)29(36-27)30(37)34-17-25(35-32(40)41)6-5-9-33-31(38)39/h7-8,10-16,25,33,35-36H,5-6,9,17H2,1-4H3,(H,34,37)(H,38,39)(H,40,41)/t25-/m0/s1. The van der Waals surface area contributed by atoms with Gasteiger partial charge in [-0.1, -0.05) is 64.7 Å². The lowest BCUT2D eigenvalue weighted by atomic mass is 9.95. The third-order valence-corrected chi connectivity index (χ3v) is 6.93. The maximum absolute atomic E-state index is 13.6. The molecule has 4 rings (SSSR count). The number of aromatic amines is 1. The van der Waals surface area contributed by atoms with E-state index in [1.807, 2.05) is 26.0 Å². The molecule has 0 aliphatic rings. The second-order valence-corrected chi connectivity index (χ2v) is 10.6. The van der Waals surface area contributed by atoms with Crippen molar-refractivity contribution in [2.45, 2.75) is 46.6 Å². The maximum Gasteiger partial charge on any atom is 0.404 e. The number of hydrogen-bond acceptors (Lipinski definition) is 3. The first kappa shape index (κ1) is 29.2. The number of aromatic nitrogens is 1. The highest BCUT2D eigenvalue weighted by Gasteiger charge is 2.22. The van der Waals surface area contributed by atoms with Crippen molar-refractivity contribution in [2.75, 3.05) is 13.1 Å². The summed E-state index contributed by atoms with van der Waals surface area (Å²) in [5.41, 5.74) is 9.55. The van der Waals surface area contributed by atoms with Gasteiger partial charge in [0.25, 0.3) is 5.91 Å². The Kier molecular flexibility index (Phi) is 8.97. The Bertz CT molecular complexity index is 1570. The summed E-state index contributed by atoms with van der Waals surface area (Å²) in [6, 6.07) is 18.2. The number of H-pyrrole nitrogens is 1. The van der Waals surface area contributed by atoms with E-state index in [1.165, 1.54) is 11.1 Å². The molecule has 6 N–H and O–H groups in total. The fourth-order valence-corrected chi connectivity index (χ4v) is 5.35. The van der Waals surface area contributed by atoms with Gasteiger partial charge in [-0.05, 0) is 69.4 Å². The molecule has 0 unspecified atom stereocenters. The van der Waals surface area contributed by atoms with Crippen molar-refractivity contribution in [3.05, 3.63) is 82.5 Å². The van der Waals surface area contributed by atoms with Crippen LogP contribution in [0.15, 0.2) is 54.6 Å². The van der Waals surface area contributed by atoms with E-state index in [2.05, 4.69) is 77.2 Å². The molecule has 9 heteroatoms. The molecular formula is C32H36N4O5. The van der Waals surface area contributed by atoms with Crippen molar-refractivity contribution in [3.63, 3.8) is 0 Å². The largest absolute Gasteiger partial charge is 0.465 e. The number of carboxylic acid groups (broad SMARTS) is 2. The van der Waals surface area contributed by atoms with E-state index < -0.39 is 18.2 Å². The van der Waals surface area contributed by atoms with Crippen LogP contribution in [0.2, 0.25) is 0 Å². The molecule has 0 saturated heterocycles. The Morgan fingerprint density at radius 2 is 1.37 bits per heavy atom. The van der Waals surface area contributed by atoms with Gasteiger partial charge in [0.1, 0.15) is 5.69 Å². The molecule has 3 aromatic carbocycles. The molecule has 0 bridgehead atoms. The molecule has 1 heterocycles.